The van der Waals surface area contributed by atoms with E-state index in [2.05, 4.69) is 34.2 Å². The van der Waals surface area contributed by atoms with Crippen molar-refractivity contribution in [2.75, 3.05) is 13.1 Å². The van der Waals surface area contributed by atoms with Gasteiger partial charge < -0.3 is 9.84 Å². The first-order valence-corrected chi connectivity index (χ1v) is 6.52. The molecular weight excluding hydrogens is 216 g/mol. The van der Waals surface area contributed by atoms with Crippen LogP contribution >= 0.6 is 0 Å². The summed E-state index contributed by atoms with van der Waals surface area (Å²) in [4.78, 5) is 6.89. The van der Waals surface area contributed by atoms with Crippen molar-refractivity contribution >= 4 is 0 Å². The molecule has 1 aliphatic carbocycles. The summed E-state index contributed by atoms with van der Waals surface area (Å²) >= 11 is 0. The average Bonchev–Trinajstić information content (AvgIpc) is 3.05. The molecule has 0 spiro atoms. The lowest BCUT2D eigenvalue weighted by Gasteiger charge is -2.36. The summed E-state index contributed by atoms with van der Waals surface area (Å²) in [6.07, 6.45) is 2.44. The zero-order chi connectivity index (χ0) is 11.8. The molecule has 0 bridgehead atoms. The number of rotatable bonds is 3. The molecule has 1 aliphatic heterocycles. The SMILES string of the molecule is CC1CN(Cc2nc(C3CC3)no2)C(C)CN1. The zero-order valence-electron chi connectivity index (χ0n) is 10.5. The Hall–Kier alpha value is -0.940. The molecule has 2 unspecified atom stereocenters. The molecule has 1 saturated heterocycles. The van der Waals surface area contributed by atoms with Crippen molar-refractivity contribution < 1.29 is 4.52 Å². The van der Waals surface area contributed by atoms with Gasteiger partial charge in [0.15, 0.2) is 5.82 Å². The van der Waals surface area contributed by atoms with Gasteiger partial charge in [0.2, 0.25) is 5.89 Å². The van der Waals surface area contributed by atoms with Gasteiger partial charge in [-0.3, -0.25) is 4.90 Å². The maximum Gasteiger partial charge on any atom is 0.240 e. The van der Waals surface area contributed by atoms with Crippen LogP contribution in [0.4, 0.5) is 0 Å². The minimum absolute atomic E-state index is 0.530. The van der Waals surface area contributed by atoms with Crippen molar-refractivity contribution in [3.8, 4) is 0 Å². The van der Waals surface area contributed by atoms with E-state index in [1.165, 1.54) is 12.8 Å². The molecule has 5 nitrogen and oxygen atoms in total. The van der Waals surface area contributed by atoms with E-state index in [0.29, 0.717) is 18.0 Å². The molecule has 1 N–H and O–H groups in total. The van der Waals surface area contributed by atoms with E-state index >= 15 is 0 Å². The first-order valence-electron chi connectivity index (χ1n) is 6.52. The van der Waals surface area contributed by atoms with Gasteiger partial charge >= 0.3 is 0 Å². The lowest BCUT2D eigenvalue weighted by Crippen LogP contribution is -2.53. The Morgan fingerprint density at radius 3 is 3.00 bits per heavy atom. The topological polar surface area (TPSA) is 54.2 Å². The fourth-order valence-corrected chi connectivity index (χ4v) is 2.33. The Kier molecular flexibility index (Phi) is 2.88. The first kappa shape index (κ1) is 11.2. The van der Waals surface area contributed by atoms with E-state index < -0.39 is 0 Å². The van der Waals surface area contributed by atoms with E-state index in [1.54, 1.807) is 0 Å². The molecule has 1 saturated carbocycles. The molecule has 1 aromatic heterocycles. The van der Waals surface area contributed by atoms with Crippen LogP contribution < -0.4 is 5.32 Å². The van der Waals surface area contributed by atoms with Crippen molar-refractivity contribution in [1.29, 1.82) is 0 Å². The number of nitrogens with zero attached hydrogens (tertiary/aromatic N) is 3. The first-order chi connectivity index (χ1) is 8.22. The highest BCUT2D eigenvalue weighted by molar-refractivity contribution is 5.03. The Morgan fingerprint density at radius 2 is 2.24 bits per heavy atom. The summed E-state index contributed by atoms with van der Waals surface area (Å²) in [6, 6.07) is 1.07. The number of piperazine rings is 1. The van der Waals surface area contributed by atoms with Crippen LogP contribution in [-0.2, 0) is 6.54 Å². The molecule has 0 radical (unpaired) electrons. The highest BCUT2D eigenvalue weighted by Gasteiger charge is 2.30. The molecule has 1 aromatic rings. The molecular formula is C12H20N4O. The number of aromatic nitrogens is 2. The largest absolute Gasteiger partial charge is 0.338 e. The number of hydrogen-bond acceptors (Lipinski definition) is 5. The van der Waals surface area contributed by atoms with Gasteiger partial charge in [-0.15, -0.1) is 0 Å². The fourth-order valence-electron chi connectivity index (χ4n) is 2.33. The Labute approximate surface area is 102 Å². The van der Waals surface area contributed by atoms with Gasteiger partial charge in [0.05, 0.1) is 6.54 Å². The van der Waals surface area contributed by atoms with Crippen molar-refractivity contribution in [2.45, 2.75) is 51.2 Å². The predicted molar refractivity (Wildman–Crippen MR) is 63.6 cm³/mol. The van der Waals surface area contributed by atoms with E-state index in [0.717, 1.165) is 31.3 Å². The lowest BCUT2D eigenvalue weighted by molar-refractivity contribution is 0.123. The maximum atomic E-state index is 5.33. The Morgan fingerprint density at radius 1 is 1.41 bits per heavy atom. The minimum Gasteiger partial charge on any atom is -0.338 e. The molecule has 2 heterocycles. The van der Waals surface area contributed by atoms with Crippen molar-refractivity contribution in [3.63, 3.8) is 0 Å². The second kappa shape index (κ2) is 4.38. The van der Waals surface area contributed by atoms with Crippen LogP contribution in [0.2, 0.25) is 0 Å². The molecule has 0 amide bonds. The quantitative estimate of drug-likeness (QED) is 0.852. The second-order valence-electron chi connectivity index (χ2n) is 5.41. The highest BCUT2D eigenvalue weighted by atomic mass is 16.5. The van der Waals surface area contributed by atoms with E-state index in [1.807, 2.05) is 0 Å². The summed E-state index contributed by atoms with van der Waals surface area (Å²) < 4.78 is 5.33. The van der Waals surface area contributed by atoms with Crippen molar-refractivity contribution in [3.05, 3.63) is 11.7 Å². The summed E-state index contributed by atoms with van der Waals surface area (Å²) in [6.45, 7) is 7.30. The van der Waals surface area contributed by atoms with Gasteiger partial charge in [-0.2, -0.15) is 4.98 Å². The third kappa shape index (κ3) is 2.50. The molecule has 3 rings (SSSR count). The van der Waals surface area contributed by atoms with E-state index in [4.69, 9.17) is 4.52 Å². The lowest BCUT2D eigenvalue weighted by atomic mass is 10.1. The molecule has 2 fully saturated rings. The highest BCUT2D eigenvalue weighted by Crippen LogP contribution is 2.38. The molecule has 0 aromatic carbocycles. The summed E-state index contributed by atoms with van der Waals surface area (Å²) in [5.41, 5.74) is 0. The predicted octanol–water partition coefficient (Wildman–Crippen LogP) is 1.13. The van der Waals surface area contributed by atoms with Crippen LogP contribution in [0.5, 0.6) is 0 Å². The summed E-state index contributed by atoms with van der Waals surface area (Å²) in [7, 11) is 0. The van der Waals surface area contributed by atoms with Gasteiger partial charge in [-0.1, -0.05) is 5.16 Å². The van der Waals surface area contributed by atoms with Gasteiger partial charge in [0, 0.05) is 31.1 Å². The third-order valence-electron chi connectivity index (χ3n) is 3.66. The van der Waals surface area contributed by atoms with Crippen LogP contribution in [0.1, 0.15) is 44.3 Å². The van der Waals surface area contributed by atoms with Gasteiger partial charge in [-0.25, -0.2) is 0 Å². The smallest absolute Gasteiger partial charge is 0.240 e. The second-order valence-corrected chi connectivity index (χ2v) is 5.41. The van der Waals surface area contributed by atoms with Crippen LogP contribution in [0.25, 0.3) is 0 Å². The number of nitrogens with one attached hydrogen (secondary N) is 1. The summed E-state index contributed by atoms with van der Waals surface area (Å²) in [5.74, 6) is 2.26. The Balaban J connectivity index is 1.63. The molecule has 2 atom stereocenters. The number of hydrogen-bond donors (Lipinski definition) is 1. The van der Waals surface area contributed by atoms with Crippen LogP contribution in [0.3, 0.4) is 0 Å². The molecule has 17 heavy (non-hydrogen) atoms. The normalized spacial score (nSPS) is 30.7. The van der Waals surface area contributed by atoms with Crippen LogP contribution in [-0.4, -0.2) is 40.2 Å². The molecule has 5 heteroatoms. The van der Waals surface area contributed by atoms with E-state index in [9.17, 15) is 0 Å². The third-order valence-corrected chi connectivity index (χ3v) is 3.66. The van der Waals surface area contributed by atoms with Crippen molar-refractivity contribution in [1.82, 2.24) is 20.4 Å². The maximum absolute atomic E-state index is 5.33. The molecule has 2 aliphatic rings. The van der Waals surface area contributed by atoms with Gasteiger partial charge in [0.1, 0.15) is 0 Å². The van der Waals surface area contributed by atoms with Crippen LogP contribution in [0, 0.1) is 0 Å². The standard InChI is InChI=1S/C12H20N4O/c1-8-6-16(9(2)5-13-8)7-11-14-12(15-17-11)10-3-4-10/h8-10,13H,3-7H2,1-2H3. The Bertz CT molecular complexity index is 388. The van der Waals surface area contributed by atoms with Crippen LogP contribution in [0.15, 0.2) is 4.52 Å². The average molecular weight is 236 g/mol. The summed E-state index contributed by atoms with van der Waals surface area (Å²) in [5, 5.41) is 7.53. The minimum atomic E-state index is 0.530. The zero-order valence-corrected chi connectivity index (χ0v) is 10.5. The van der Waals surface area contributed by atoms with Gasteiger partial charge in [0.25, 0.3) is 0 Å². The van der Waals surface area contributed by atoms with E-state index in [-0.39, 0.29) is 0 Å². The fraction of sp³-hybridized carbons (Fsp3) is 0.833. The molecule has 94 valence electrons. The van der Waals surface area contributed by atoms with Gasteiger partial charge in [-0.05, 0) is 26.7 Å². The monoisotopic (exact) mass is 236 g/mol. The van der Waals surface area contributed by atoms with Crippen molar-refractivity contribution in [2.24, 2.45) is 0 Å².